The Kier molecular flexibility index (Phi) is 4.53. The number of hydrogen-bond acceptors (Lipinski definition) is 4. The molecule has 6 nitrogen and oxygen atoms in total. The number of carbonyl (C=O) groups excluding carboxylic acids is 2. The molecule has 0 spiro atoms. The van der Waals surface area contributed by atoms with Gasteiger partial charge in [-0.05, 0) is 30.0 Å². The van der Waals surface area contributed by atoms with Crippen LogP contribution in [0.2, 0.25) is 0 Å². The number of nitrogens with one attached hydrogen (secondary N) is 2. The van der Waals surface area contributed by atoms with E-state index in [1.165, 1.54) is 0 Å². The van der Waals surface area contributed by atoms with Crippen molar-refractivity contribution in [1.82, 2.24) is 20.4 Å². The van der Waals surface area contributed by atoms with Crippen molar-refractivity contribution in [2.24, 2.45) is 0 Å². The lowest BCUT2D eigenvalue weighted by molar-refractivity contribution is -0.122. The molecule has 1 aromatic carbocycles. The molecule has 132 valence electrons. The summed E-state index contributed by atoms with van der Waals surface area (Å²) in [6.45, 7) is 0.464. The van der Waals surface area contributed by atoms with Gasteiger partial charge in [-0.1, -0.05) is 24.3 Å². The first kappa shape index (κ1) is 16.5. The zero-order valence-corrected chi connectivity index (χ0v) is 14.8. The largest absolute Gasteiger partial charge is 0.354 e. The number of thiophene rings is 1. The Morgan fingerprint density at radius 3 is 2.77 bits per heavy atom. The summed E-state index contributed by atoms with van der Waals surface area (Å²) < 4.78 is 1.73. The molecule has 0 saturated carbocycles. The maximum Gasteiger partial charge on any atom is 0.255 e. The van der Waals surface area contributed by atoms with Gasteiger partial charge in [-0.2, -0.15) is 5.10 Å². The summed E-state index contributed by atoms with van der Waals surface area (Å²) in [7, 11) is 0. The molecule has 0 bridgehead atoms. The fourth-order valence-electron chi connectivity index (χ4n) is 2.97. The SMILES string of the molecule is O=C1CCC(NC(=O)c2cn(-c3ccccc3)nc2-c2cccs2)CN1. The molecule has 2 N–H and O–H groups in total. The van der Waals surface area contributed by atoms with Crippen molar-refractivity contribution in [3.8, 4) is 16.3 Å². The normalized spacial score (nSPS) is 16.9. The highest BCUT2D eigenvalue weighted by atomic mass is 32.1. The van der Waals surface area contributed by atoms with Crippen molar-refractivity contribution in [2.45, 2.75) is 18.9 Å². The molecule has 3 heterocycles. The van der Waals surface area contributed by atoms with Crippen molar-refractivity contribution in [3.05, 3.63) is 59.6 Å². The molecule has 1 unspecified atom stereocenters. The lowest BCUT2D eigenvalue weighted by atomic mass is 10.1. The molecule has 7 heteroatoms. The fourth-order valence-corrected chi connectivity index (χ4v) is 3.69. The quantitative estimate of drug-likeness (QED) is 0.745. The zero-order chi connectivity index (χ0) is 17.9. The van der Waals surface area contributed by atoms with Crippen molar-refractivity contribution < 1.29 is 9.59 Å². The second-order valence-electron chi connectivity index (χ2n) is 6.16. The van der Waals surface area contributed by atoms with Crippen LogP contribution in [0.5, 0.6) is 0 Å². The van der Waals surface area contributed by atoms with Crippen LogP contribution in [-0.2, 0) is 4.79 Å². The number of carbonyl (C=O) groups is 2. The number of para-hydroxylation sites is 1. The molecule has 4 rings (SSSR count). The summed E-state index contributed by atoms with van der Waals surface area (Å²) >= 11 is 1.55. The maximum atomic E-state index is 12.9. The standard InChI is InChI=1S/C19H18N4O2S/c24-17-9-8-13(11-20-17)21-19(25)15-12-23(14-5-2-1-3-6-14)22-18(15)16-7-4-10-26-16/h1-7,10,12-13H,8-9,11H2,(H,20,24)(H,21,25). The van der Waals surface area contributed by atoms with E-state index in [9.17, 15) is 9.59 Å². The van der Waals surface area contributed by atoms with Crippen molar-refractivity contribution in [2.75, 3.05) is 6.54 Å². The Balaban J connectivity index is 1.64. The van der Waals surface area contributed by atoms with Gasteiger partial charge in [0.2, 0.25) is 5.91 Å². The van der Waals surface area contributed by atoms with Gasteiger partial charge in [-0.3, -0.25) is 9.59 Å². The lowest BCUT2D eigenvalue weighted by Gasteiger charge is -2.23. The minimum atomic E-state index is -0.170. The molecule has 0 radical (unpaired) electrons. The van der Waals surface area contributed by atoms with Gasteiger partial charge in [0.1, 0.15) is 5.69 Å². The highest BCUT2D eigenvalue weighted by molar-refractivity contribution is 7.13. The second kappa shape index (κ2) is 7.13. The number of rotatable bonds is 4. The second-order valence-corrected chi connectivity index (χ2v) is 7.11. The van der Waals surface area contributed by atoms with Crippen LogP contribution in [0.3, 0.4) is 0 Å². The maximum absolute atomic E-state index is 12.9. The predicted molar refractivity (Wildman–Crippen MR) is 100 cm³/mol. The van der Waals surface area contributed by atoms with Gasteiger partial charge in [-0.15, -0.1) is 11.3 Å². The van der Waals surface area contributed by atoms with Crippen molar-refractivity contribution >= 4 is 23.2 Å². The predicted octanol–water partition coefficient (Wildman–Crippen LogP) is 2.61. The first-order chi connectivity index (χ1) is 12.7. The third kappa shape index (κ3) is 3.39. The summed E-state index contributed by atoms with van der Waals surface area (Å²) in [5.74, 6) is -0.136. The summed E-state index contributed by atoms with van der Waals surface area (Å²) in [5.41, 5.74) is 2.10. The average molecular weight is 366 g/mol. The molecule has 3 aromatic rings. The van der Waals surface area contributed by atoms with Crippen LogP contribution in [0.1, 0.15) is 23.2 Å². The van der Waals surface area contributed by atoms with Gasteiger partial charge >= 0.3 is 0 Å². The molecule has 2 amide bonds. The molecule has 1 aliphatic heterocycles. The molecule has 26 heavy (non-hydrogen) atoms. The van der Waals surface area contributed by atoms with Gasteiger partial charge in [0.25, 0.3) is 5.91 Å². The van der Waals surface area contributed by atoms with Crippen molar-refractivity contribution in [1.29, 1.82) is 0 Å². The first-order valence-corrected chi connectivity index (χ1v) is 9.35. The Morgan fingerprint density at radius 1 is 1.23 bits per heavy atom. The van der Waals surface area contributed by atoms with E-state index in [1.807, 2.05) is 47.8 Å². The molecule has 1 saturated heterocycles. The lowest BCUT2D eigenvalue weighted by Crippen LogP contribution is -2.47. The molecular weight excluding hydrogens is 348 g/mol. The summed E-state index contributed by atoms with van der Waals surface area (Å²) in [4.78, 5) is 25.1. The minimum absolute atomic E-state index is 0.0340. The Bertz CT molecular complexity index is 908. The van der Waals surface area contributed by atoms with E-state index in [2.05, 4.69) is 15.7 Å². The molecule has 1 fully saturated rings. The Labute approximate surface area is 154 Å². The van der Waals surface area contributed by atoms with E-state index >= 15 is 0 Å². The van der Waals surface area contributed by atoms with Crippen LogP contribution in [0.4, 0.5) is 0 Å². The van der Waals surface area contributed by atoms with E-state index in [0.717, 1.165) is 10.6 Å². The zero-order valence-electron chi connectivity index (χ0n) is 14.0. The Morgan fingerprint density at radius 2 is 2.08 bits per heavy atom. The van der Waals surface area contributed by atoms with Crippen molar-refractivity contribution in [3.63, 3.8) is 0 Å². The van der Waals surface area contributed by atoms with Crippen LogP contribution < -0.4 is 10.6 Å². The van der Waals surface area contributed by atoms with Crippen LogP contribution in [0, 0.1) is 0 Å². The van der Waals surface area contributed by atoms with Gasteiger partial charge in [0.05, 0.1) is 16.1 Å². The summed E-state index contributed by atoms with van der Waals surface area (Å²) in [6.07, 6.45) is 2.85. The van der Waals surface area contributed by atoms with E-state index in [0.29, 0.717) is 30.6 Å². The number of benzene rings is 1. The number of aromatic nitrogens is 2. The number of piperidine rings is 1. The van der Waals surface area contributed by atoms with E-state index < -0.39 is 0 Å². The number of amides is 2. The highest BCUT2D eigenvalue weighted by Gasteiger charge is 2.24. The molecule has 0 aliphatic carbocycles. The van der Waals surface area contributed by atoms with Gasteiger partial charge < -0.3 is 10.6 Å². The average Bonchev–Trinajstić information content (AvgIpc) is 3.34. The summed E-state index contributed by atoms with van der Waals surface area (Å²) in [6, 6.07) is 13.6. The topological polar surface area (TPSA) is 76.0 Å². The first-order valence-electron chi connectivity index (χ1n) is 8.47. The van der Waals surface area contributed by atoms with Crippen LogP contribution in [-0.4, -0.2) is 34.2 Å². The van der Waals surface area contributed by atoms with Crippen LogP contribution in [0.15, 0.2) is 54.0 Å². The van der Waals surface area contributed by atoms with Crippen LogP contribution in [0.25, 0.3) is 16.3 Å². The number of hydrogen-bond donors (Lipinski definition) is 2. The Hall–Kier alpha value is -2.93. The summed E-state index contributed by atoms with van der Waals surface area (Å²) in [5, 5.41) is 12.4. The molecule has 1 atom stereocenters. The van der Waals surface area contributed by atoms with Crippen LogP contribution >= 0.6 is 11.3 Å². The molecular formula is C19H18N4O2S. The highest BCUT2D eigenvalue weighted by Crippen LogP contribution is 2.28. The van der Waals surface area contributed by atoms with E-state index in [4.69, 9.17) is 0 Å². The molecule has 2 aromatic heterocycles. The number of nitrogens with zero attached hydrogens (tertiary/aromatic N) is 2. The van der Waals surface area contributed by atoms with Gasteiger partial charge in [0, 0.05) is 25.2 Å². The molecule has 1 aliphatic rings. The van der Waals surface area contributed by atoms with E-state index in [-0.39, 0.29) is 17.9 Å². The smallest absolute Gasteiger partial charge is 0.255 e. The minimum Gasteiger partial charge on any atom is -0.354 e. The third-order valence-corrected chi connectivity index (χ3v) is 5.21. The van der Waals surface area contributed by atoms with Gasteiger partial charge in [-0.25, -0.2) is 4.68 Å². The van der Waals surface area contributed by atoms with E-state index in [1.54, 1.807) is 22.2 Å². The monoisotopic (exact) mass is 366 g/mol. The third-order valence-electron chi connectivity index (χ3n) is 4.33. The fraction of sp³-hybridized carbons (Fsp3) is 0.211. The van der Waals surface area contributed by atoms with Gasteiger partial charge in [0.15, 0.2) is 0 Å².